The summed E-state index contributed by atoms with van der Waals surface area (Å²) in [4.78, 5) is 23.9. The maximum absolute atomic E-state index is 12.2. The number of hydrogen-bond acceptors (Lipinski definition) is 6. The highest BCUT2D eigenvalue weighted by atomic mass is 16.2. The lowest BCUT2D eigenvalue weighted by Crippen LogP contribution is -2.36. The summed E-state index contributed by atoms with van der Waals surface area (Å²) in [6.45, 7) is 4.04. The van der Waals surface area contributed by atoms with Crippen LogP contribution in [0.25, 0.3) is 0 Å². The first-order valence-electron chi connectivity index (χ1n) is 11.1. The fourth-order valence-corrected chi connectivity index (χ4v) is 5.18. The highest BCUT2D eigenvalue weighted by Gasteiger charge is 2.47. The van der Waals surface area contributed by atoms with Gasteiger partial charge in [-0.15, -0.1) is 0 Å². The van der Waals surface area contributed by atoms with Gasteiger partial charge < -0.3 is 33.6 Å². The van der Waals surface area contributed by atoms with Crippen LogP contribution in [0.2, 0.25) is 0 Å². The third-order valence-electron chi connectivity index (χ3n) is 6.93. The van der Waals surface area contributed by atoms with Crippen LogP contribution in [-0.4, -0.2) is 11.8 Å². The summed E-state index contributed by atoms with van der Waals surface area (Å²) in [5, 5.41) is 5.77. The van der Waals surface area contributed by atoms with Gasteiger partial charge in [-0.1, -0.05) is 33.1 Å². The topological polar surface area (TPSA) is 162 Å². The highest BCUT2D eigenvalue weighted by molar-refractivity contribution is 6.07. The number of fused-ring (bicyclic) bond motifs is 3. The average molecular weight is 437 g/mol. The normalized spacial score (nSPS) is 20.3. The van der Waals surface area contributed by atoms with Crippen LogP contribution in [-0.2, 0) is 15.0 Å². The van der Waals surface area contributed by atoms with Gasteiger partial charge in [-0.25, -0.2) is 0 Å². The van der Waals surface area contributed by atoms with Crippen molar-refractivity contribution in [2.75, 3.05) is 33.6 Å². The zero-order chi connectivity index (χ0) is 23.2. The lowest BCUT2D eigenvalue weighted by Gasteiger charge is -2.31. The minimum Gasteiger partial charge on any atom is -0.397 e. The fraction of sp³-hybridized carbons (Fsp3) is 0.417. The standard InChI is InChI=1S/C13H17N3O.C11H15N3O/c14-9-6-8-11(7-10(9)15)16-12(17)13(8)4-2-1-3-5-13;1-5(2)10-6-3-7(12)8(13)4-9(6)14-11(10)15/h6-7H,1-5,14-15H2,(H,16,17);3-5,10H,12-13H2,1-2H3,(H,14,15). The molecule has 1 aliphatic carbocycles. The molecular formula is C24H32N6O2. The van der Waals surface area contributed by atoms with E-state index in [1.807, 2.05) is 19.9 Å². The Morgan fingerprint density at radius 3 is 2.00 bits per heavy atom. The number of nitrogens with two attached hydrogens (primary N) is 4. The summed E-state index contributed by atoms with van der Waals surface area (Å²) >= 11 is 0. The number of hydrogen-bond donors (Lipinski definition) is 6. The average Bonchev–Trinajstić information content (AvgIpc) is 3.18. The van der Waals surface area contributed by atoms with E-state index in [2.05, 4.69) is 10.6 Å². The molecule has 1 unspecified atom stereocenters. The predicted molar refractivity (Wildman–Crippen MR) is 130 cm³/mol. The van der Waals surface area contributed by atoms with Crippen molar-refractivity contribution < 1.29 is 9.59 Å². The summed E-state index contributed by atoms with van der Waals surface area (Å²) in [6.07, 6.45) is 5.29. The zero-order valence-electron chi connectivity index (χ0n) is 18.6. The molecule has 2 heterocycles. The van der Waals surface area contributed by atoms with Gasteiger partial charge in [0.25, 0.3) is 0 Å². The molecule has 32 heavy (non-hydrogen) atoms. The van der Waals surface area contributed by atoms with Gasteiger partial charge in [-0.3, -0.25) is 9.59 Å². The molecule has 0 bridgehead atoms. The van der Waals surface area contributed by atoms with E-state index in [1.165, 1.54) is 6.42 Å². The molecule has 5 rings (SSSR count). The van der Waals surface area contributed by atoms with E-state index < -0.39 is 0 Å². The smallest absolute Gasteiger partial charge is 0.235 e. The molecule has 10 N–H and O–H groups in total. The van der Waals surface area contributed by atoms with Crippen molar-refractivity contribution in [2.24, 2.45) is 5.92 Å². The zero-order valence-corrected chi connectivity index (χ0v) is 18.6. The number of nitrogens with one attached hydrogen (secondary N) is 2. The van der Waals surface area contributed by atoms with Crippen molar-refractivity contribution >= 4 is 45.9 Å². The van der Waals surface area contributed by atoms with Gasteiger partial charge in [0.2, 0.25) is 11.8 Å². The number of rotatable bonds is 1. The Morgan fingerprint density at radius 1 is 0.812 bits per heavy atom. The molecular weight excluding hydrogens is 404 g/mol. The molecule has 1 fully saturated rings. The van der Waals surface area contributed by atoms with Gasteiger partial charge in [0, 0.05) is 11.4 Å². The van der Waals surface area contributed by atoms with Crippen LogP contribution in [0.4, 0.5) is 34.1 Å². The van der Waals surface area contributed by atoms with Crippen molar-refractivity contribution in [3.8, 4) is 0 Å². The SMILES string of the molecule is CC(C)C1C(=O)Nc2cc(N)c(N)cc21.Nc1cc2c(cc1N)C1(CCCCC1)C(=O)N2. The second-order valence-corrected chi connectivity index (χ2v) is 9.40. The van der Waals surface area contributed by atoms with Gasteiger partial charge in [-0.2, -0.15) is 0 Å². The van der Waals surface area contributed by atoms with Crippen LogP contribution < -0.4 is 33.6 Å². The van der Waals surface area contributed by atoms with Crippen molar-refractivity contribution in [3.63, 3.8) is 0 Å². The lowest BCUT2D eigenvalue weighted by atomic mass is 9.70. The summed E-state index contributed by atoms with van der Waals surface area (Å²) < 4.78 is 0. The third-order valence-corrected chi connectivity index (χ3v) is 6.93. The van der Waals surface area contributed by atoms with E-state index >= 15 is 0 Å². The summed E-state index contributed by atoms with van der Waals surface area (Å²) in [7, 11) is 0. The minimum atomic E-state index is -0.338. The maximum atomic E-state index is 12.2. The highest BCUT2D eigenvalue weighted by Crippen LogP contribution is 2.49. The minimum absolute atomic E-state index is 0.0324. The third kappa shape index (κ3) is 3.49. The van der Waals surface area contributed by atoms with Crippen LogP contribution in [0.15, 0.2) is 24.3 Å². The number of amides is 2. The first-order chi connectivity index (χ1) is 15.1. The van der Waals surface area contributed by atoms with E-state index in [1.54, 1.807) is 18.2 Å². The predicted octanol–water partition coefficient (Wildman–Crippen LogP) is 3.55. The Hall–Kier alpha value is -3.42. The van der Waals surface area contributed by atoms with Crippen molar-refractivity contribution in [1.29, 1.82) is 0 Å². The summed E-state index contributed by atoms with van der Waals surface area (Å²) in [5.41, 5.74) is 28.5. The second-order valence-electron chi connectivity index (χ2n) is 9.40. The monoisotopic (exact) mass is 436 g/mol. The van der Waals surface area contributed by atoms with Crippen molar-refractivity contribution in [3.05, 3.63) is 35.4 Å². The molecule has 0 radical (unpaired) electrons. The second kappa shape index (κ2) is 7.93. The first-order valence-corrected chi connectivity index (χ1v) is 11.1. The Bertz CT molecular complexity index is 1090. The maximum Gasteiger partial charge on any atom is 0.235 e. The fourth-order valence-electron chi connectivity index (χ4n) is 5.18. The molecule has 2 aromatic rings. The van der Waals surface area contributed by atoms with Crippen LogP contribution >= 0.6 is 0 Å². The molecule has 0 aromatic heterocycles. The van der Waals surface area contributed by atoms with Crippen molar-refractivity contribution in [2.45, 2.75) is 57.3 Å². The molecule has 8 heteroatoms. The number of anilines is 6. The molecule has 8 nitrogen and oxygen atoms in total. The molecule has 3 aliphatic rings. The summed E-state index contributed by atoms with van der Waals surface area (Å²) in [5.74, 6) is 0.305. The van der Waals surface area contributed by atoms with E-state index in [9.17, 15) is 9.59 Å². The van der Waals surface area contributed by atoms with E-state index in [0.717, 1.165) is 48.2 Å². The first kappa shape index (κ1) is 21.8. The van der Waals surface area contributed by atoms with Gasteiger partial charge in [-0.05, 0) is 54.2 Å². The number of benzene rings is 2. The number of nitrogen functional groups attached to an aromatic ring is 4. The van der Waals surface area contributed by atoms with Crippen LogP contribution in [0.3, 0.4) is 0 Å². The molecule has 2 amide bonds. The molecule has 2 aromatic carbocycles. The Labute approximate surface area is 188 Å². The molecule has 1 atom stereocenters. The van der Waals surface area contributed by atoms with Crippen LogP contribution in [0.5, 0.6) is 0 Å². The largest absolute Gasteiger partial charge is 0.397 e. The van der Waals surface area contributed by atoms with Crippen molar-refractivity contribution in [1.82, 2.24) is 0 Å². The molecule has 170 valence electrons. The number of carbonyl (C=O) groups is 2. The Morgan fingerprint density at radius 2 is 1.38 bits per heavy atom. The number of carbonyl (C=O) groups excluding carboxylic acids is 2. The van der Waals surface area contributed by atoms with E-state index in [-0.39, 0.29) is 29.1 Å². The lowest BCUT2D eigenvalue weighted by molar-refractivity contribution is -0.122. The molecule has 1 saturated carbocycles. The van der Waals surface area contributed by atoms with Gasteiger partial charge in [0.05, 0.1) is 34.1 Å². The Balaban J connectivity index is 0.000000155. The van der Waals surface area contributed by atoms with E-state index in [0.29, 0.717) is 22.7 Å². The summed E-state index contributed by atoms with van der Waals surface area (Å²) in [6, 6.07) is 7.19. The quantitative estimate of drug-likeness (QED) is 0.374. The molecule has 0 saturated heterocycles. The van der Waals surface area contributed by atoms with Gasteiger partial charge in [0.15, 0.2) is 0 Å². The Kier molecular flexibility index (Phi) is 5.40. The van der Waals surface area contributed by atoms with Crippen LogP contribution in [0.1, 0.15) is 63.0 Å². The molecule has 1 spiro atoms. The van der Waals surface area contributed by atoms with E-state index in [4.69, 9.17) is 22.9 Å². The van der Waals surface area contributed by atoms with Crippen LogP contribution in [0, 0.1) is 5.92 Å². The van der Waals surface area contributed by atoms with Gasteiger partial charge in [0.1, 0.15) is 0 Å². The molecule has 2 aliphatic heterocycles. The van der Waals surface area contributed by atoms with Gasteiger partial charge >= 0.3 is 0 Å².